The van der Waals surface area contributed by atoms with Crippen molar-refractivity contribution < 1.29 is 4.79 Å². The van der Waals surface area contributed by atoms with Crippen LogP contribution in [-0.4, -0.2) is 6.29 Å². The summed E-state index contributed by atoms with van der Waals surface area (Å²) < 4.78 is 0. The fourth-order valence-corrected chi connectivity index (χ4v) is 4.24. The van der Waals surface area contributed by atoms with Crippen LogP contribution in [0.15, 0.2) is 11.1 Å². The van der Waals surface area contributed by atoms with Gasteiger partial charge in [-0.05, 0) is 49.4 Å². The smallest absolute Gasteiger partial charge is 0.130 e. The molecule has 0 saturated heterocycles. The van der Waals surface area contributed by atoms with Gasteiger partial charge in [0.25, 0.3) is 0 Å². The summed E-state index contributed by atoms with van der Waals surface area (Å²) in [6, 6.07) is 0. The van der Waals surface area contributed by atoms with Crippen molar-refractivity contribution in [3.63, 3.8) is 0 Å². The van der Waals surface area contributed by atoms with E-state index in [2.05, 4.69) is 41.5 Å². The Hall–Kier alpha value is -0.590. The van der Waals surface area contributed by atoms with Crippen LogP contribution in [0.1, 0.15) is 67.2 Å². The summed E-state index contributed by atoms with van der Waals surface area (Å²) in [7, 11) is 0. The number of carbonyl (C=O) groups is 1. The van der Waals surface area contributed by atoms with Gasteiger partial charge in [-0.1, -0.05) is 45.8 Å². The molecule has 0 aromatic rings. The Morgan fingerprint density at radius 1 is 1.06 bits per heavy atom. The van der Waals surface area contributed by atoms with Crippen LogP contribution >= 0.6 is 0 Å². The minimum atomic E-state index is -0.279. The summed E-state index contributed by atoms with van der Waals surface area (Å²) in [6.07, 6.45) is 6.13. The Morgan fingerprint density at radius 2 is 1.61 bits per heavy atom. The maximum absolute atomic E-state index is 11.9. The summed E-state index contributed by atoms with van der Waals surface area (Å²) in [5, 5.41) is 0. The molecule has 2 aliphatic carbocycles. The molecule has 18 heavy (non-hydrogen) atoms. The van der Waals surface area contributed by atoms with Gasteiger partial charge in [-0.25, -0.2) is 0 Å². The quantitative estimate of drug-likeness (QED) is 0.483. The van der Waals surface area contributed by atoms with Crippen LogP contribution in [0, 0.1) is 22.2 Å². The molecule has 1 heteroatoms. The van der Waals surface area contributed by atoms with E-state index in [-0.39, 0.29) is 16.2 Å². The van der Waals surface area contributed by atoms with E-state index >= 15 is 0 Å². The van der Waals surface area contributed by atoms with E-state index in [0.29, 0.717) is 5.92 Å². The standard InChI is InChI=1S/C17H28O/c1-12-13-9-7-8-10-14(13)17(6,11-18)16(4,5)15(12,2)3/h11-12H,7-10H2,1-6H3. The van der Waals surface area contributed by atoms with Gasteiger partial charge in [-0.2, -0.15) is 0 Å². The highest BCUT2D eigenvalue weighted by molar-refractivity contribution is 5.68. The second kappa shape index (κ2) is 3.95. The molecular weight excluding hydrogens is 220 g/mol. The highest BCUT2D eigenvalue weighted by atomic mass is 16.1. The molecule has 2 rings (SSSR count). The van der Waals surface area contributed by atoms with Gasteiger partial charge in [-0.15, -0.1) is 0 Å². The highest BCUT2D eigenvalue weighted by Gasteiger charge is 2.58. The van der Waals surface area contributed by atoms with Crippen molar-refractivity contribution in [3.05, 3.63) is 11.1 Å². The Labute approximate surface area is 112 Å². The Bertz CT molecular complexity index is 400. The molecule has 0 aromatic carbocycles. The predicted octanol–water partition coefficient (Wildman–Crippen LogP) is 4.76. The molecule has 1 nitrogen and oxygen atoms in total. The molecule has 0 N–H and O–H groups in total. The fraction of sp³-hybridized carbons (Fsp3) is 0.824. The molecule has 0 radical (unpaired) electrons. The van der Waals surface area contributed by atoms with Crippen LogP contribution in [0.5, 0.6) is 0 Å². The second-order valence-electron chi connectivity index (χ2n) is 7.60. The summed E-state index contributed by atoms with van der Waals surface area (Å²) in [6.45, 7) is 13.8. The van der Waals surface area contributed by atoms with Crippen LogP contribution in [0.4, 0.5) is 0 Å². The van der Waals surface area contributed by atoms with E-state index in [1.54, 1.807) is 5.57 Å². The molecule has 0 bridgehead atoms. The van der Waals surface area contributed by atoms with Crippen molar-refractivity contribution >= 4 is 6.29 Å². The molecule has 2 aliphatic rings. The third-order valence-corrected chi connectivity index (χ3v) is 6.89. The predicted molar refractivity (Wildman–Crippen MR) is 76.4 cm³/mol. The first-order valence-corrected chi connectivity index (χ1v) is 7.39. The van der Waals surface area contributed by atoms with E-state index < -0.39 is 0 Å². The average molecular weight is 248 g/mol. The molecule has 0 fully saturated rings. The molecule has 0 amide bonds. The largest absolute Gasteiger partial charge is 0.302 e. The van der Waals surface area contributed by atoms with E-state index in [9.17, 15) is 4.79 Å². The summed E-state index contributed by atoms with van der Waals surface area (Å²) in [4.78, 5) is 11.9. The summed E-state index contributed by atoms with van der Waals surface area (Å²) in [5.74, 6) is 0.593. The van der Waals surface area contributed by atoms with Gasteiger partial charge in [0.15, 0.2) is 0 Å². The molecule has 2 unspecified atom stereocenters. The molecule has 0 aliphatic heterocycles. The number of rotatable bonds is 1. The first kappa shape index (κ1) is 13.8. The van der Waals surface area contributed by atoms with Crippen molar-refractivity contribution in [2.45, 2.75) is 67.2 Å². The zero-order chi connectivity index (χ0) is 13.8. The van der Waals surface area contributed by atoms with E-state index in [1.807, 2.05) is 0 Å². The summed E-state index contributed by atoms with van der Waals surface area (Å²) >= 11 is 0. The van der Waals surface area contributed by atoms with Crippen molar-refractivity contribution in [3.8, 4) is 0 Å². The zero-order valence-corrected chi connectivity index (χ0v) is 12.9. The van der Waals surface area contributed by atoms with Crippen molar-refractivity contribution in [2.75, 3.05) is 0 Å². The van der Waals surface area contributed by atoms with E-state index in [4.69, 9.17) is 0 Å². The second-order valence-corrected chi connectivity index (χ2v) is 7.60. The van der Waals surface area contributed by atoms with E-state index in [0.717, 1.165) is 6.42 Å². The van der Waals surface area contributed by atoms with Crippen molar-refractivity contribution in [1.82, 2.24) is 0 Å². The molecule has 0 spiro atoms. The Morgan fingerprint density at radius 3 is 2.17 bits per heavy atom. The lowest BCUT2D eigenvalue weighted by atomic mass is 9.43. The third kappa shape index (κ3) is 1.42. The molecule has 2 atom stereocenters. The maximum Gasteiger partial charge on any atom is 0.130 e. The third-order valence-electron chi connectivity index (χ3n) is 6.89. The number of hydrogen-bond acceptors (Lipinski definition) is 1. The van der Waals surface area contributed by atoms with Crippen molar-refractivity contribution in [1.29, 1.82) is 0 Å². The molecule has 102 valence electrons. The normalized spacial score (nSPS) is 38.2. The number of hydrogen-bond donors (Lipinski definition) is 0. The lowest BCUT2D eigenvalue weighted by Gasteiger charge is -2.60. The van der Waals surface area contributed by atoms with Gasteiger partial charge in [0, 0.05) is 5.41 Å². The summed E-state index contributed by atoms with van der Waals surface area (Å²) in [5.41, 5.74) is 2.97. The van der Waals surface area contributed by atoms with Gasteiger partial charge in [-0.3, -0.25) is 0 Å². The van der Waals surface area contributed by atoms with Crippen LogP contribution in [0.3, 0.4) is 0 Å². The van der Waals surface area contributed by atoms with Gasteiger partial charge >= 0.3 is 0 Å². The monoisotopic (exact) mass is 248 g/mol. The number of aldehydes is 1. The number of allylic oxidation sites excluding steroid dienone is 2. The molecule has 0 heterocycles. The molecular formula is C17H28O. The van der Waals surface area contributed by atoms with Crippen LogP contribution < -0.4 is 0 Å². The maximum atomic E-state index is 11.9. The van der Waals surface area contributed by atoms with Crippen LogP contribution in [0.25, 0.3) is 0 Å². The first-order valence-electron chi connectivity index (χ1n) is 7.39. The number of carbonyl (C=O) groups excluding carboxylic acids is 1. The SMILES string of the molecule is CC1C2=C(CCCC2)C(C)(C=O)C(C)(C)C1(C)C. The van der Waals surface area contributed by atoms with E-state index in [1.165, 1.54) is 31.1 Å². The van der Waals surface area contributed by atoms with Gasteiger partial charge in [0.1, 0.15) is 6.29 Å². The van der Waals surface area contributed by atoms with Crippen LogP contribution in [-0.2, 0) is 4.79 Å². The first-order chi connectivity index (χ1) is 8.20. The molecule has 0 aromatic heterocycles. The highest BCUT2D eigenvalue weighted by Crippen LogP contribution is 2.64. The Kier molecular flexibility index (Phi) is 3.04. The van der Waals surface area contributed by atoms with Gasteiger partial charge in [0.2, 0.25) is 0 Å². The van der Waals surface area contributed by atoms with Crippen molar-refractivity contribution in [2.24, 2.45) is 22.2 Å². The zero-order valence-electron chi connectivity index (χ0n) is 12.9. The minimum Gasteiger partial charge on any atom is -0.302 e. The fourth-order valence-electron chi connectivity index (χ4n) is 4.24. The topological polar surface area (TPSA) is 17.1 Å². The van der Waals surface area contributed by atoms with Crippen LogP contribution in [0.2, 0.25) is 0 Å². The minimum absolute atomic E-state index is 0.0113. The lowest BCUT2D eigenvalue weighted by Crippen LogP contribution is -2.55. The van der Waals surface area contributed by atoms with Gasteiger partial charge in [0.05, 0.1) is 0 Å². The molecule has 0 saturated carbocycles. The lowest BCUT2D eigenvalue weighted by molar-refractivity contribution is -0.129. The average Bonchev–Trinajstić information content (AvgIpc) is 2.35. The Balaban J connectivity index is 2.70. The van der Waals surface area contributed by atoms with Gasteiger partial charge < -0.3 is 4.79 Å².